The van der Waals surface area contributed by atoms with E-state index in [1.807, 2.05) is 0 Å². The van der Waals surface area contributed by atoms with Gasteiger partial charge in [0.05, 0.1) is 0 Å². The predicted molar refractivity (Wildman–Crippen MR) is 41.8 cm³/mol. The van der Waals surface area contributed by atoms with Gasteiger partial charge in [0, 0.05) is 5.41 Å². The molecule has 1 fully saturated rings. The molecular formula is C9H16O. The molecule has 1 heteroatoms. The summed E-state index contributed by atoms with van der Waals surface area (Å²) in [6, 6.07) is 0. The highest BCUT2D eigenvalue weighted by molar-refractivity contribution is 5.63. The second-order valence-corrected chi connectivity index (χ2v) is 3.67. The van der Waals surface area contributed by atoms with Gasteiger partial charge < -0.3 is 4.79 Å². The van der Waals surface area contributed by atoms with E-state index in [-0.39, 0.29) is 5.41 Å². The summed E-state index contributed by atoms with van der Waals surface area (Å²) in [6.45, 7) is 4.26. The summed E-state index contributed by atoms with van der Waals surface area (Å²) < 4.78 is 0. The van der Waals surface area contributed by atoms with Gasteiger partial charge in [-0.15, -0.1) is 0 Å². The Hall–Kier alpha value is -0.330. The maximum Gasteiger partial charge on any atom is 0.126 e. The topological polar surface area (TPSA) is 17.1 Å². The molecule has 1 aliphatic rings. The highest BCUT2D eigenvalue weighted by atomic mass is 16.1. The lowest BCUT2D eigenvalue weighted by atomic mass is 10.1. The molecule has 1 saturated carbocycles. The summed E-state index contributed by atoms with van der Waals surface area (Å²) in [5.41, 5.74) is 0.0785. The van der Waals surface area contributed by atoms with Gasteiger partial charge in [0.2, 0.25) is 0 Å². The van der Waals surface area contributed by atoms with Crippen LogP contribution in [0.2, 0.25) is 0 Å². The van der Waals surface area contributed by atoms with Crippen LogP contribution in [0.15, 0.2) is 0 Å². The first-order chi connectivity index (χ1) is 4.73. The number of aldehydes is 1. The fourth-order valence-electron chi connectivity index (χ4n) is 1.50. The van der Waals surface area contributed by atoms with Crippen LogP contribution < -0.4 is 0 Å². The minimum absolute atomic E-state index is 0.0785. The van der Waals surface area contributed by atoms with E-state index in [1.54, 1.807) is 0 Å². The van der Waals surface area contributed by atoms with E-state index in [2.05, 4.69) is 13.8 Å². The molecule has 0 bridgehead atoms. The molecular weight excluding hydrogens is 124 g/mol. The Morgan fingerprint density at radius 1 is 1.70 bits per heavy atom. The molecule has 0 N–H and O–H groups in total. The molecule has 0 amide bonds. The van der Waals surface area contributed by atoms with E-state index >= 15 is 0 Å². The second-order valence-electron chi connectivity index (χ2n) is 3.67. The number of carbonyl (C=O) groups excluding carboxylic acids is 1. The summed E-state index contributed by atoms with van der Waals surface area (Å²) in [7, 11) is 0. The van der Waals surface area contributed by atoms with Crippen LogP contribution in [0, 0.1) is 11.3 Å². The third-order valence-corrected chi connectivity index (χ3v) is 2.63. The Labute approximate surface area is 62.8 Å². The normalized spacial score (nSPS) is 37.6. The van der Waals surface area contributed by atoms with Gasteiger partial charge in [0.1, 0.15) is 6.29 Å². The molecule has 0 saturated heterocycles. The van der Waals surface area contributed by atoms with Crippen LogP contribution in [-0.4, -0.2) is 6.29 Å². The molecule has 58 valence electrons. The molecule has 10 heavy (non-hydrogen) atoms. The summed E-state index contributed by atoms with van der Waals surface area (Å²) in [5.74, 6) is 0.713. The van der Waals surface area contributed by atoms with Gasteiger partial charge in [-0.3, -0.25) is 0 Å². The maximum atomic E-state index is 10.5. The Bertz CT molecular complexity index is 131. The lowest BCUT2D eigenvalue weighted by Crippen LogP contribution is -1.98. The average Bonchev–Trinajstić information content (AvgIpc) is 2.59. The van der Waals surface area contributed by atoms with Crippen molar-refractivity contribution >= 4 is 6.29 Å². The number of hydrogen-bond donors (Lipinski definition) is 0. The number of rotatable bonds is 4. The molecule has 1 nitrogen and oxygen atoms in total. The van der Waals surface area contributed by atoms with E-state index in [0.717, 1.165) is 12.7 Å². The molecule has 1 rings (SSSR count). The predicted octanol–water partition coefficient (Wildman–Crippen LogP) is 2.40. The monoisotopic (exact) mass is 140 g/mol. The molecule has 0 unspecified atom stereocenters. The fourth-order valence-corrected chi connectivity index (χ4v) is 1.50. The largest absolute Gasteiger partial charge is 0.303 e. The van der Waals surface area contributed by atoms with Gasteiger partial charge in [-0.25, -0.2) is 0 Å². The van der Waals surface area contributed by atoms with Gasteiger partial charge in [-0.2, -0.15) is 0 Å². The van der Waals surface area contributed by atoms with Gasteiger partial charge in [-0.1, -0.05) is 26.7 Å². The van der Waals surface area contributed by atoms with Crippen molar-refractivity contribution in [3.8, 4) is 0 Å². The van der Waals surface area contributed by atoms with Crippen LogP contribution in [0.25, 0.3) is 0 Å². The second kappa shape index (κ2) is 2.73. The van der Waals surface area contributed by atoms with Gasteiger partial charge in [0.25, 0.3) is 0 Å². The van der Waals surface area contributed by atoms with E-state index in [9.17, 15) is 4.79 Å². The Balaban J connectivity index is 2.18. The molecule has 0 radical (unpaired) electrons. The van der Waals surface area contributed by atoms with Crippen molar-refractivity contribution in [2.24, 2.45) is 11.3 Å². The van der Waals surface area contributed by atoms with Crippen molar-refractivity contribution in [3.63, 3.8) is 0 Å². The standard InChI is InChI=1S/C9H16O/c1-3-4-5-8-6-9(8,2)7-10/h7-8H,3-6H2,1-2H3/t8-,9-/m1/s1. The van der Waals surface area contributed by atoms with Gasteiger partial charge >= 0.3 is 0 Å². The molecule has 0 aromatic rings. The Kier molecular flexibility index (Phi) is 2.12. The Morgan fingerprint density at radius 2 is 2.40 bits per heavy atom. The minimum Gasteiger partial charge on any atom is -0.303 e. The maximum absolute atomic E-state index is 10.5. The van der Waals surface area contributed by atoms with Crippen molar-refractivity contribution in [1.82, 2.24) is 0 Å². The first-order valence-electron chi connectivity index (χ1n) is 4.19. The van der Waals surface area contributed by atoms with Crippen molar-refractivity contribution < 1.29 is 4.79 Å². The first-order valence-corrected chi connectivity index (χ1v) is 4.19. The van der Waals surface area contributed by atoms with E-state index in [1.165, 1.54) is 19.3 Å². The van der Waals surface area contributed by atoms with Crippen LogP contribution in [0.1, 0.15) is 39.5 Å². The minimum atomic E-state index is 0.0785. The lowest BCUT2D eigenvalue weighted by Gasteiger charge is -1.98. The molecule has 0 spiro atoms. The highest BCUT2D eigenvalue weighted by Gasteiger charge is 2.48. The fraction of sp³-hybridized carbons (Fsp3) is 0.889. The van der Waals surface area contributed by atoms with E-state index < -0.39 is 0 Å². The third-order valence-electron chi connectivity index (χ3n) is 2.63. The molecule has 1 aliphatic carbocycles. The zero-order chi connectivity index (χ0) is 7.61. The lowest BCUT2D eigenvalue weighted by molar-refractivity contribution is -0.112. The van der Waals surface area contributed by atoms with E-state index in [4.69, 9.17) is 0 Å². The average molecular weight is 140 g/mol. The van der Waals surface area contributed by atoms with Crippen LogP contribution in [0.5, 0.6) is 0 Å². The summed E-state index contributed by atoms with van der Waals surface area (Å²) in [6.07, 6.45) is 6.06. The molecule has 0 aromatic carbocycles. The quantitative estimate of drug-likeness (QED) is 0.548. The number of hydrogen-bond acceptors (Lipinski definition) is 1. The molecule has 0 heterocycles. The summed E-state index contributed by atoms with van der Waals surface area (Å²) in [4.78, 5) is 10.5. The van der Waals surface area contributed by atoms with Gasteiger partial charge in [0.15, 0.2) is 0 Å². The van der Waals surface area contributed by atoms with Crippen LogP contribution in [0.3, 0.4) is 0 Å². The van der Waals surface area contributed by atoms with E-state index in [0.29, 0.717) is 5.92 Å². The number of unbranched alkanes of at least 4 members (excludes halogenated alkanes) is 1. The summed E-state index contributed by atoms with van der Waals surface area (Å²) in [5, 5.41) is 0. The summed E-state index contributed by atoms with van der Waals surface area (Å²) >= 11 is 0. The van der Waals surface area contributed by atoms with Gasteiger partial charge in [-0.05, 0) is 18.8 Å². The van der Waals surface area contributed by atoms with Crippen LogP contribution in [0.4, 0.5) is 0 Å². The zero-order valence-electron chi connectivity index (χ0n) is 6.89. The smallest absolute Gasteiger partial charge is 0.126 e. The first kappa shape index (κ1) is 7.77. The van der Waals surface area contributed by atoms with Crippen molar-refractivity contribution in [1.29, 1.82) is 0 Å². The van der Waals surface area contributed by atoms with Crippen molar-refractivity contribution in [2.45, 2.75) is 39.5 Å². The van der Waals surface area contributed by atoms with Crippen LogP contribution in [-0.2, 0) is 4.79 Å². The molecule has 2 atom stereocenters. The Morgan fingerprint density at radius 3 is 2.80 bits per heavy atom. The SMILES string of the molecule is CCCC[C@@H]1C[C@]1(C)C=O. The van der Waals surface area contributed by atoms with Crippen molar-refractivity contribution in [2.75, 3.05) is 0 Å². The third kappa shape index (κ3) is 1.39. The zero-order valence-corrected chi connectivity index (χ0v) is 6.89. The highest BCUT2D eigenvalue weighted by Crippen LogP contribution is 2.52. The molecule has 0 aliphatic heterocycles. The number of carbonyl (C=O) groups is 1. The van der Waals surface area contributed by atoms with Crippen LogP contribution >= 0.6 is 0 Å². The molecule has 0 aromatic heterocycles. The van der Waals surface area contributed by atoms with Crippen molar-refractivity contribution in [3.05, 3.63) is 0 Å².